The Morgan fingerprint density at radius 2 is 1.62 bits per heavy atom. The van der Waals surface area contributed by atoms with Gasteiger partial charge in [-0.2, -0.15) is 0 Å². The Morgan fingerprint density at radius 3 is 2.15 bits per heavy atom. The molecule has 2 rings (SSSR count). The van der Waals surface area contributed by atoms with Crippen LogP contribution in [0.4, 0.5) is 0 Å². The van der Waals surface area contributed by atoms with Gasteiger partial charge in [0.05, 0.1) is 0 Å². The lowest BCUT2D eigenvalue weighted by Gasteiger charge is -2.32. The lowest BCUT2D eigenvalue weighted by atomic mass is 10.4. The summed E-state index contributed by atoms with van der Waals surface area (Å²) in [6, 6.07) is 4.36. The molecule has 0 saturated carbocycles. The van der Waals surface area contributed by atoms with Crippen LogP contribution >= 0.6 is 0 Å². The van der Waals surface area contributed by atoms with E-state index in [-0.39, 0.29) is 0 Å². The topological polar surface area (TPSA) is 20.2 Å². The summed E-state index contributed by atoms with van der Waals surface area (Å²) < 4.78 is 2.32. The Balaban J connectivity index is 2.22. The highest BCUT2D eigenvalue weighted by molar-refractivity contribution is 5.17. The maximum Gasteiger partial charge on any atom is 0.0470 e. The minimum Gasteiger partial charge on any atom is -0.313 e. The summed E-state index contributed by atoms with van der Waals surface area (Å²) in [4.78, 5) is 0. The lowest BCUT2D eigenvalue weighted by molar-refractivity contribution is 0.481. The fraction of sp³-hybridized carbons (Fsp3) is 0.600. The monoisotopic (exact) mass is 179 g/mol. The minimum absolute atomic E-state index is 1.09. The molecule has 1 aromatic heterocycles. The quantitative estimate of drug-likeness (QED) is 0.683. The molecule has 0 bridgehead atoms. The molecule has 0 aromatic carbocycles. The summed E-state index contributed by atoms with van der Waals surface area (Å²) in [5.74, 6) is 0. The van der Waals surface area contributed by atoms with Crippen LogP contribution in [0.1, 0.15) is 11.4 Å². The fourth-order valence-corrected chi connectivity index (χ4v) is 1.96. The zero-order chi connectivity index (χ0) is 9.26. The van der Waals surface area contributed by atoms with Gasteiger partial charge >= 0.3 is 0 Å². The smallest absolute Gasteiger partial charge is 0.0470 e. The van der Waals surface area contributed by atoms with E-state index in [0.29, 0.717) is 0 Å². The molecule has 0 unspecified atom stereocenters. The molecule has 2 heterocycles. The Kier molecular flexibility index (Phi) is 2.27. The van der Waals surface area contributed by atoms with Crippen LogP contribution in [0.5, 0.6) is 0 Å². The highest BCUT2D eigenvalue weighted by atomic mass is 15.6. The number of aromatic nitrogens is 1. The molecule has 0 atom stereocenters. The average molecular weight is 179 g/mol. The van der Waals surface area contributed by atoms with Crippen molar-refractivity contribution in [3.8, 4) is 0 Å². The first-order valence-electron chi connectivity index (χ1n) is 4.90. The van der Waals surface area contributed by atoms with Crippen LogP contribution in [0.3, 0.4) is 0 Å². The molecule has 0 spiro atoms. The van der Waals surface area contributed by atoms with Crippen LogP contribution in [-0.4, -0.2) is 30.9 Å². The minimum atomic E-state index is 1.09. The molecule has 0 amide bonds. The van der Waals surface area contributed by atoms with E-state index in [1.54, 1.807) is 0 Å². The Hall–Kier alpha value is -0.960. The first-order valence-corrected chi connectivity index (χ1v) is 4.90. The molecule has 1 aromatic rings. The number of piperazine rings is 1. The molecule has 1 aliphatic rings. The summed E-state index contributed by atoms with van der Waals surface area (Å²) in [5, 5.41) is 5.76. The zero-order valence-electron chi connectivity index (χ0n) is 8.38. The molecule has 3 heteroatoms. The molecule has 1 saturated heterocycles. The van der Waals surface area contributed by atoms with Gasteiger partial charge in [0, 0.05) is 37.6 Å². The predicted molar refractivity (Wildman–Crippen MR) is 54.7 cm³/mol. The fourth-order valence-electron chi connectivity index (χ4n) is 1.96. The van der Waals surface area contributed by atoms with E-state index >= 15 is 0 Å². The third-order valence-electron chi connectivity index (χ3n) is 2.61. The van der Waals surface area contributed by atoms with Gasteiger partial charge in [-0.25, -0.2) is 0 Å². The van der Waals surface area contributed by atoms with E-state index in [9.17, 15) is 0 Å². The average Bonchev–Trinajstić information content (AvgIpc) is 2.48. The van der Waals surface area contributed by atoms with Crippen molar-refractivity contribution in [2.75, 3.05) is 31.2 Å². The van der Waals surface area contributed by atoms with Crippen LogP contribution in [0.15, 0.2) is 12.1 Å². The van der Waals surface area contributed by atoms with Crippen LogP contribution in [0.2, 0.25) is 0 Å². The molecular formula is C10H17N3. The van der Waals surface area contributed by atoms with Gasteiger partial charge in [-0.15, -0.1) is 0 Å². The van der Waals surface area contributed by atoms with Crippen LogP contribution < -0.4 is 10.3 Å². The summed E-state index contributed by atoms with van der Waals surface area (Å²) in [5.41, 5.74) is 2.67. The van der Waals surface area contributed by atoms with E-state index in [2.05, 4.69) is 41.0 Å². The van der Waals surface area contributed by atoms with Crippen molar-refractivity contribution in [1.29, 1.82) is 0 Å². The second-order valence-electron chi connectivity index (χ2n) is 3.63. The molecule has 13 heavy (non-hydrogen) atoms. The number of hydrogen-bond donors (Lipinski definition) is 1. The van der Waals surface area contributed by atoms with Gasteiger partial charge in [-0.3, -0.25) is 4.68 Å². The number of hydrogen-bond acceptors (Lipinski definition) is 2. The second kappa shape index (κ2) is 3.42. The van der Waals surface area contributed by atoms with Crippen molar-refractivity contribution in [3.05, 3.63) is 23.5 Å². The molecule has 1 N–H and O–H groups in total. The van der Waals surface area contributed by atoms with Crippen molar-refractivity contribution in [2.24, 2.45) is 0 Å². The standard InChI is InChI=1S/C10H17N3/c1-9-3-4-10(2)13(9)12-7-5-11-6-8-12/h3-4,11H,5-8H2,1-2H3. The Bertz CT molecular complexity index is 265. The molecule has 0 aliphatic carbocycles. The summed E-state index contributed by atoms with van der Waals surface area (Å²) in [7, 11) is 0. The number of aryl methyl sites for hydroxylation is 2. The number of nitrogens with zero attached hydrogens (tertiary/aromatic N) is 2. The Morgan fingerprint density at radius 1 is 1.08 bits per heavy atom. The normalized spacial score (nSPS) is 17.8. The number of rotatable bonds is 1. The second-order valence-corrected chi connectivity index (χ2v) is 3.63. The summed E-state index contributed by atoms with van der Waals surface area (Å²) in [6.07, 6.45) is 0. The predicted octanol–water partition coefficient (Wildman–Crippen LogP) is 0.646. The van der Waals surface area contributed by atoms with Crippen molar-refractivity contribution in [1.82, 2.24) is 9.99 Å². The highest BCUT2D eigenvalue weighted by Crippen LogP contribution is 2.08. The third-order valence-corrected chi connectivity index (χ3v) is 2.61. The van der Waals surface area contributed by atoms with Gasteiger partial charge in [-0.05, 0) is 26.0 Å². The van der Waals surface area contributed by atoms with Gasteiger partial charge in [-0.1, -0.05) is 0 Å². The summed E-state index contributed by atoms with van der Waals surface area (Å²) >= 11 is 0. The summed E-state index contributed by atoms with van der Waals surface area (Å²) in [6.45, 7) is 8.73. The maximum absolute atomic E-state index is 3.36. The van der Waals surface area contributed by atoms with Crippen LogP contribution in [0.25, 0.3) is 0 Å². The van der Waals surface area contributed by atoms with Crippen molar-refractivity contribution >= 4 is 0 Å². The SMILES string of the molecule is Cc1ccc(C)n1N1CCNCC1. The lowest BCUT2D eigenvalue weighted by Crippen LogP contribution is -2.49. The van der Waals surface area contributed by atoms with Crippen molar-refractivity contribution in [3.63, 3.8) is 0 Å². The van der Waals surface area contributed by atoms with E-state index < -0.39 is 0 Å². The van der Waals surface area contributed by atoms with Crippen molar-refractivity contribution in [2.45, 2.75) is 13.8 Å². The molecule has 1 aliphatic heterocycles. The molecule has 72 valence electrons. The largest absolute Gasteiger partial charge is 0.313 e. The molecule has 1 fully saturated rings. The first kappa shape index (κ1) is 8.63. The first-order chi connectivity index (χ1) is 6.29. The molecule has 0 radical (unpaired) electrons. The maximum atomic E-state index is 3.36. The van der Waals surface area contributed by atoms with Gasteiger partial charge in [0.1, 0.15) is 0 Å². The van der Waals surface area contributed by atoms with Crippen LogP contribution in [-0.2, 0) is 0 Å². The van der Waals surface area contributed by atoms with E-state index in [1.807, 2.05) is 0 Å². The number of nitrogens with one attached hydrogen (secondary N) is 1. The van der Waals surface area contributed by atoms with Gasteiger partial charge in [0.15, 0.2) is 0 Å². The van der Waals surface area contributed by atoms with E-state index in [1.165, 1.54) is 11.4 Å². The van der Waals surface area contributed by atoms with Gasteiger partial charge in [0.2, 0.25) is 0 Å². The zero-order valence-corrected chi connectivity index (χ0v) is 8.38. The Labute approximate surface area is 79.3 Å². The van der Waals surface area contributed by atoms with Gasteiger partial charge < -0.3 is 10.3 Å². The van der Waals surface area contributed by atoms with Crippen LogP contribution in [0, 0.1) is 13.8 Å². The van der Waals surface area contributed by atoms with E-state index in [4.69, 9.17) is 0 Å². The molecular weight excluding hydrogens is 162 g/mol. The van der Waals surface area contributed by atoms with Gasteiger partial charge in [0.25, 0.3) is 0 Å². The highest BCUT2D eigenvalue weighted by Gasteiger charge is 2.12. The van der Waals surface area contributed by atoms with Crippen molar-refractivity contribution < 1.29 is 0 Å². The third kappa shape index (κ3) is 1.56. The molecule has 3 nitrogen and oxygen atoms in total. The van der Waals surface area contributed by atoms with E-state index in [0.717, 1.165) is 26.2 Å².